The number of esters is 1. The molecule has 6 heteroatoms. The summed E-state index contributed by atoms with van der Waals surface area (Å²) >= 11 is 1.66. The van der Waals surface area contributed by atoms with Crippen LogP contribution in [0.2, 0.25) is 0 Å². The number of nitrogens with zero attached hydrogens (tertiary/aromatic N) is 1. The Morgan fingerprint density at radius 1 is 1.19 bits per heavy atom. The molecule has 0 fully saturated rings. The Kier molecular flexibility index (Phi) is 7.39. The van der Waals surface area contributed by atoms with Gasteiger partial charge in [-0.25, -0.2) is 4.98 Å². The molecule has 0 aliphatic heterocycles. The van der Waals surface area contributed by atoms with Crippen LogP contribution in [0.3, 0.4) is 0 Å². The quantitative estimate of drug-likeness (QED) is 0.519. The van der Waals surface area contributed by atoms with E-state index in [1.54, 1.807) is 11.3 Å². The second-order valence-corrected chi connectivity index (χ2v) is 7.91. The molecule has 0 radical (unpaired) electrons. The molecule has 1 amide bonds. The number of carbonyl (C=O) groups excluding carboxylic acids is 2. The molecule has 3 rings (SSSR count). The molecule has 5 nitrogen and oxygen atoms in total. The van der Waals surface area contributed by atoms with Crippen molar-refractivity contribution in [3.8, 4) is 0 Å². The van der Waals surface area contributed by atoms with E-state index in [-0.39, 0.29) is 18.5 Å². The Hall–Kier alpha value is -2.21. The zero-order valence-corrected chi connectivity index (χ0v) is 16.4. The zero-order chi connectivity index (χ0) is 18.9. The van der Waals surface area contributed by atoms with Crippen LogP contribution in [0.1, 0.15) is 50.0 Å². The number of benzene rings is 1. The normalized spacial score (nSPS) is 14.0. The average Bonchev–Trinajstić information content (AvgIpc) is 3.10. The summed E-state index contributed by atoms with van der Waals surface area (Å²) in [6, 6.07) is 8.01. The largest absolute Gasteiger partial charge is 0.456 e. The van der Waals surface area contributed by atoms with Gasteiger partial charge < -0.3 is 10.1 Å². The van der Waals surface area contributed by atoms with Crippen molar-refractivity contribution in [2.75, 3.05) is 13.2 Å². The number of fused-ring (bicyclic) bond motifs is 1. The van der Waals surface area contributed by atoms with E-state index < -0.39 is 0 Å². The fraction of sp³-hybridized carbons (Fsp3) is 0.476. The number of carbonyl (C=O) groups is 2. The number of ether oxygens (including phenoxy) is 1. The van der Waals surface area contributed by atoms with Crippen LogP contribution in [0.15, 0.2) is 35.9 Å². The van der Waals surface area contributed by atoms with Gasteiger partial charge in [-0.05, 0) is 57.1 Å². The van der Waals surface area contributed by atoms with Crippen molar-refractivity contribution < 1.29 is 14.3 Å². The van der Waals surface area contributed by atoms with Gasteiger partial charge in [0.15, 0.2) is 6.61 Å². The maximum atomic E-state index is 11.8. The first-order valence-electron chi connectivity index (χ1n) is 9.65. The molecule has 1 aromatic heterocycles. The molecule has 144 valence electrons. The number of hydrogen-bond donors (Lipinski definition) is 1. The van der Waals surface area contributed by atoms with Gasteiger partial charge in [0.05, 0.1) is 15.2 Å². The second-order valence-electron chi connectivity index (χ2n) is 6.80. The Morgan fingerprint density at radius 3 is 2.89 bits per heavy atom. The third-order valence-electron chi connectivity index (χ3n) is 4.63. The van der Waals surface area contributed by atoms with Crippen molar-refractivity contribution >= 4 is 33.4 Å². The van der Waals surface area contributed by atoms with Crippen LogP contribution in [0, 0.1) is 0 Å². The van der Waals surface area contributed by atoms with E-state index in [1.807, 2.05) is 24.3 Å². The molecule has 0 spiro atoms. The van der Waals surface area contributed by atoms with Crippen molar-refractivity contribution in [1.82, 2.24) is 10.3 Å². The lowest BCUT2D eigenvalue weighted by Crippen LogP contribution is -2.29. The number of rotatable bonds is 9. The highest BCUT2D eigenvalue weighted by Crippen LogP contribution is 2.22. The fourth-order valence-electron chi connectivity index (χ4n) is 3.17. The first kappa shape index (κ1) is 19.5. The number of thiazole rings is 1. The van der Waals surface area contributed by atoms with Crippen molar-refractivity contribution in [3.63, 3.8) is 0 Å². The molecule has 1 heterocycles. The van der Waals surface area contributed by atoms with Crippen LogP contribution in [-0.4, -0.2) is 30.0 Å². The Bertz CT molecular complexity index is 780. The predicted molar refractivity (Wildman–Crippen MR) is 108 cm³/mol. The number of nitrogens with one attached hydrogen (secondary N) is 1. The smallest absolute Gasteiger partial charge is 0.306 e. The van der Waals surface area contributed by atoms with Crippen molar-refractivity contribution in [3.05, 3.63) is 40.9 Å². The van der Waals surface area contributed by atoms with Gasteiger partial charge >= 0.3 is 5.97 Å². The standard InChI is InChI=1S/C21H26N2O3S/c24-19(22-14-13-16-7-2-1-3-8-16)15-26-21(25)12-6-11-20-23-17-9-4-5-10-18(17)27-20/h4-5,7,9-10H,1-3,6,8,11-15H2,(H,22,24). The summed E-state index contributed by atoms with van der Waals surface area (Å²) in [6.45, 7) is 0.416. The van der Waals surface area contributed by atoms with Gasteiger partial charge in [-0.3, -0.25) is 9.59 Å². The van der Waals surface area contributed by atoms with Gasteiger partial charge in [0, 0.05) is 13.0 Å². The molecule has 2 aromatic rings. The SMILES string of the molecule is O=C(COC(=O)CCCc1nc2ccccc2s1)NCCC1=CCCCC1. The van der Waals surface area contributed by atoms with Gasteiger partial charge in [0.25, 0.3) is 5.91 Å². The number of allylic oxidation sites excluding steroid dienone is 1. The molecule has 1 aromatic carbocycles. The molecule has 0 saturated heterocycles. The van der Waals surface area contributed by atoms with Crippen molar-refractivity contribution in [2.24, 2.45) is 0 Å². The van der Waals surface area contributed by atoms with Crippen LogP contribution in [0.5, 0.6) is 0 Å². The zero-order valence-electron chi connectivity index (χ0n) is 15.5. The van der Waals surface area contributed by atoms with E-state index in [2.05, 4.69) is 16.4 Å². The third-order valence-corrected chi connectivity index (χ3v) is 5.72. The lowest BCUT2D eigenvalue weighted by Gasteiger charge is -2.13. The monoisotopic (exact) mass is 386 g/mol. The van der Waals surface area contributed by atoms with Crippen LogP contribution in [0.4, 0.5) is 0 Å². The first-order valence-corrected chi connectivity index (χ1v) is 10.5. The third kappa shape index (κ3) is 6.47. The van der Waals surface area contributed by atoms with Crippen LogP contribution >= 0.6 is 11.3 Å². The maximum Gasteiger partial charge on any atom is 0.306 e. The lowest BCUT2D eigenvalue weighted by atomic mass is 9.97. The molecular formula is C21H26N2O3S. The minimum Gasteiger partial charge on any atom is -0.456 e. The topological polar surface area (TPSA) is 68.3 Å². The number of amides is 1. The summed E-state index contributed by atoms with van der Waals surface area (Å²) in [4.78, 5) is 28.1. The highest BCUT2D eigenvalue weighted by Gasteiger charge is 2.10. The summed E-state index contributed by atoms with van der Waals surface area (Å²) in [6.07, 6.45) is 9.69. The molecule has 27 heavy (non-hydrogen) atoms. The highest BCUT2D eigenvalue weighted by atomic mass is 32.1. The summed E-state index contributed by atoms with van der Waals surface area (Å²) in [5.41, 5.74) is 2.43. The van der Waals surface area contributed by atoms with Gasteiger partial charge in [0.1, 0.15) is 0 Å². The molecule has 0 bridgehead atoms. The van der Waals surface area contributed by atoms with Gasteiger partial charge in [0.2, 0.25) is 0 Å². The molecule has 1 aliphatic carbocycles. The predicted octanol–water partition coefficient (Wildman–Crippen LogP) is 4.17. The summed E-state index contributed by atoms with van der Waals surface area (Å²) in [5.74, 6) is -0.563. The molecule has 1 N–H and O–H groups in total. The number of hydrogen-bond acceptors (Lipinski definition) is 5. The fourth-order valence-corrected chi connectivity index (χ4v) is 4.18. The maximum absolute atomic E-state index is 11.8. The number of para-hydroxylation sites is 1. The molecule has 1 aliphatic rings. The van der Waals surface area contributed by atoms with Crippen molar-refractivity contribution in [1.29, 1.82) is 0 Å². The van der Waals surface area contributed by atoms with E-state index in [9.17, 15) is 9.59 Å². The summed E-state index contributed by atoms with van der Waals surface area (Å²) in [5, 5.41) is 3.84. The molecular weight excluding hydrogens is 360 g/mol. The lowest BCUT2D eigenvalue weighted by molar-refractivity contribution is -0.148. The Labute approximate surface area is 163 Å². The molecule has 0 atom stereocenters. The van der Waals surface area contributed by atoms with E-state index in [4.69, 9.17) is 4.74 Å². The summed E-state index contributed by atoms with van der Waals surface area (Å²) in [7, 11) is 0. The van der Waals surface area contributed by atoms with E-state index in [1.165, 1.54) is 18.4 Å². The van der Waals surface area contributed by atoms with Crippen molar-refractivity contribution in [2.45, 2.75) is 51.4 Å². The Morgan fingerprint density at radius 2 is 2.07 bits per heavy atom. The minimum atomic E-state index is -0.332. The first-order chi connectivity index (χ1) is 13.2. The molecule has 0 saturated carbocycles. The number of aromatic nitrogens is 1. The van der Waals surface area contributed by atoms with Crippen LogP contribution < -0.4 is 5.32 Å². The second kappa shape index (κ2) is 10.2. The number of aryl methyl sites for hydroxylation is 1. The van der Waals surface area contributed by atoms with Gasteiger partial charge in [-0.15, -0.1) is 11.3 Å². The Balaban J connectivity index is 1.27. The average molecular weight is 387 g/mol. The minimum absolute atomic E-state index is 0.195. The van der Waals surface area contributed by atoms with Crippen LogP contribution in [0.25, 0.3) is 10.2 Å². The van der Waals surface area contributed by atoms with E-state index in [0.29, 0.717) is 19.4 Å². The van der Waals surface area contributed by atoms with Gasteiger partial charge in [-0.2, -0.15) is 0 Å². The van der Waals surface area contributed by atoms with E-state index in [0.717, 1.165) is 40.9 Å². The summed E-state index contributed by atoms with van der Waals surface area (Å²) < 4.78 is 6.22. The van der Waals surface area contributed by atoms with E-state index >= 15 is 0 Å². The van der Waals surface area contributed by atoms with Crippen LogP contribution in [-0.2, 0) is 20.7 Å². The van der Waals surface area contributed by atoms with Gasteiger partial charge in [-0.1, -0.05) is 23.8 Å². The molecule has 0 unspecified atom stereocenters. The highest BCUT2D eigenvalue weighted by molar-refractivity contribution is 7.18.